The Morgan fingerprint density at radius 3 is 2.95 bits per heavy atom. The Labute approximate surface area is 119 Å². The summed E-state index contributed by atoms with van der Waals surface area (Å²) in [7, 11) is -4.19. The van der Waals surface area contributed by atoms with E-state index in [1.165, 1.54) is 0 Å². The summed E-state index contributed by atoms with van der Waals surface area (Å²) in [6, 6.07) is 0. The first-order valence-electron chi connectivity index (χ1n) is 5.94. The molecule has 0 saturated carbocycles. The van der Waals surface area contributed by atoms with Gasteiger partial charge in [-0.1, -0.05) is 6.58 Å². The largest absolute Gasteiger partial charge is 0.369 e. The molecule has 11 heteroatoms. The molecule has 0 spiro atoms. The number of nitrogen functional groups attached to an aromatic ring is 1. The van der Waals surface area contributed by atoms with Gasteiger partial charge in [-0.25, -0.2) is 0 Å². The van der Waals surface area contributed by atoms with Crippen LogP contribution in [0.2, 0.25) is 0 Å². The molecule has 21 heavy (non-hydrogen) atoms. The number of hydrogen-bond donors (Lipinski definition) is 5. The fourth-order valence-corrected chi connectivity index (χ4v) is 2.20. The maximum absolute atomic E-state index is 11.6. The van der Waals surface area contributed by atoms with E-state index in [1.54, 1.807) is 4.90 Å². The number of hydrogen-bond acceptors (Lipinski definition) is 7. The zero-order valence-electron chi connectivity index (χ0n) is 11.1. The van der Waals surface area contributed by atoms with Crippen LogP contribution in [-0.4, -0.2) is 45.9 Å². The van der Waals surface area contributed by atoms with Gasteiger partial charge in [0.15, 0.2) is 5.82 Å². The van der Waals surface area contributed by atoms with Crippen molar-refractivity contribution in [3.8, 4) is 0 Å². The average molecular weight is 317 g/mol. The second-order valence-electron chi connectivity index (χ2n) is 4.57. The molecule has 1 aliphatic rings. The van der Waals surface area contributed by atoms with Crippen LogP contribution in [0, 0.1) is 0 Å². The van der Waals surface area contributed by atoms with Gasteiger partial charge in [0.2, 0.25) is 5.95 Å². The highest BCUT2D eigenvalue weighted by Crippen LogP contribution is 2.34. The quantitative estimate of drug-likeness (QED) is 0.337. The van der Waals surface area contributed by atoms with E-state index in [2.05, 4.69) is 21.9 Å². The fourth-order valence-electron chi connectivity index (χ4n) is 1.87. The average Bonchev–Trinajstić information content (AvgIpc) is 2.71. The monoisotopic (exact) mass is 317 g/mol. The lowest BCUT2D eigenvalue weighted by molar-refractivity contribution is 0.178. The predicted octanol–water partition coefficient (Wildman–Crippen LogP) is -0.751. The highest BCUT2D eigenvalue weighted by Gasteiger charge is 2.24. The van der Waals surface area contributed by atoms with E-state index < -0.39 is 13.9 Å². The first-order valence-corrected chi connectivity index (χ1v) is 7.73. The van der Waals surface area contributed by atoms with Crippen LogP contribution in [0.4, 0.5) is 17.5 Å². The lowest BCUT2D eigenvalue weighted by Gasteiger charge is -2.18. The van der Waals surface area contributed by atoms with Gasteiger partial charge in [0.05, 0.1) is 13.3 Å². The Kier molecular flexibility index (Phi) is 4.33. The molecule has 1 aromatic rings. The zero-order valence-corrected chi connectivity index (χ0v) is 12.0. The molecule has 0 fully saturated rings. The zero-order chi connectivity index (χ0) is 15.6. The van der Waals surface area contributed by atoms with Crippen molar-refractivity contribution in [2.45, 2.75) is 0 Å². The van der Waals surface area contributed by atoms with Gasteiger partial charge in [-0.3, -0.25) is 14.3 Å². The molecule has 6 N–H and O–H groups in total. The topological polar surface area (TPSA) is 154 Å². The summed E-state index contributed by atoms with van der Waals surface area (Å²) in [6.45, 7) is 4.43. The smallest absolute Gasteiger partial charge is 0.350 e. The third-order valence-corrected chi connectivity index (χ3v) is 3.16. The first-order chi connectivity index (χ1) is 9.76. The molecule has 10 nitrogen and oxygen atoms in total. The minimum Gasteiger partial charge on any atom is -0.369 e. The molecule has 0 aromatic carbocycles. The van der Waals surface area contributed by atoms with Crippen LogP contribution >= 0.6 is 7.60 Å². The number of nitrogens with one attached hydrogen (secondary N) is 2. The Morgan fingerprint density at radius 2 is 2.29 bits per heavy atom. The molecule has 0 aliphatic carbocycles. The second kappa shape index (κ2) is 5.86. The van der Waals surface area contributed by atoms with Crippen LogP contribution in [0.25, 0.3) is 0 Å². The molecular weight excluding hydrogens is 301 g/mol. The summed E-state index contributed by atoms with van der Waals surface area (Å²) >= 11 is 0. The summed E-state index contributed by atoms with van der Waals surface area (Å²) in [5.41, 5.74) is 6.05. The van der Waals surface area contributed by atoms with Gasteiger partial charge in [0.25, 0.3) is 5.56 Å². The van der Waals surface area contributed by atoms with E-state index in [4.69, 9.17) is 20.3 Å². The summed E-state index contributed by atoms with van der Waals surface area (Å²) < 4.78 is 15.5. The molecule has 0 saturated heterocycles. The van der Waals surface area contributed by atoms with Crippen molar-refractivity contribution in [1.29, 1.82) is 0 Å². The molecule has 2 heterocycles. The molecule has 0 unspecified atom stereocenters. The SMILES string of the molecule is C=C(COCP(=O)(O)O)CN1CNc2c1nc(N)[nH]c2=O. The van der Waals surface area contributed by atoms with Crippen LogP contribution < -0.4 is 21.5 Å². The minimum atomic E-state index is -4.19. The Hall–Kier alpha value is -1.87. The normalized spacial score (nSPS) is 13.9. The van der Waals surface area contributed by atoms with E-state index in [0.717, 1.165) is 0 Å². The van der Waals surface area contributed by atoms with Crippen molar-refractivity contribution in [2.75, 3.05) is 42.1 Å². The number of H-pyrrole nitrogens is 1. The summed E-state index contributed by atoms with van der Waals surface area (Å²) in [4.78, 5) is 37.2. The molecule has 0 radical (unpaired) electrons. The van der Waals surface area contributed by atoms with Crippen LogP contribution in [0.1, 0.15) is 0 Å². The van der Waals surface area contributed by atoms with Gasteiger partial charge < -0.3 is 30.5 Å². The van der Waals surface area contributed by atoms with Crippen LogP contribution in [0.15, 0.2) is 16.9 Å². The third-order valence-electron chi connectivity index (χ3n) is 2.64. The van der Waals surface area contributed by atoms with Gasteiger partial charge in [0, 0.05) is 6.54 Å². The van der Waals surface area contributed by atoms with Gasteiger partial charge in [-0.2, -0.15) is 4.98 Å². The summed E-state index contributed by atoms with van der Waals surface area (Å²) in [5.74, 6) is 0.420. The van der Waals surface area contributed by atoms with Gasteiger partial charge in [0.1, 0.15) is 12.0 Å². The van der Waals surface area contributed by atoms with E-state index >= 15 is 0 Å². The van der Waals surface area contributed by atoms with Gasteiger partial charge in [-0.15, -0.1) is 0 Å². The number of nitrogens with two attached hydrogens (primary N) is 1. The summed E-state index contributed by atoms with van der Waals surface area (Å²) in [5, 5.41) is 2.89. The van der Waals surface area contributed by atoms with Crippen molar-refractivity contribution >= 4 is 25.0 Å². The molecule has 116 valence electrons. The van der Waals surface area contributed by atoms with E-state index in [0.29, 0.717) is 30.3 Å². The molecule has 1 aliphatic heterocycles. The Morgan fingerprint density at radius 1 is 1.57 bits per heavy atom. The number of fused-ring (bicyclic) bond motifs is 1. The van der Waals surface area contributed by atoms with Crippen molar-refractivity contribution in [3.63, 3.8) is 0 Å². The number of ether oxygens (including phenoxy) is 1. The van der Waals surface area contributed by atoms with Gasteiger partial charge in [-0.05, 0) is 5.57 Å². The number of nitrogens with zero attached hydrogens (tertiary/aromatic N) is 2. The lowest BCUT2D eigenvalue weighted by atomic mass is 10.3. The van der Waals surface area contributed by atoms with Crippen molar-refractivity contribution in [2.24, 2.45) is 0 Å². The highest BCUT2D eigenvalue weighted by atomic mass is 31.2. The molecule has 0 atom stereocenters. The van der Waals surface area contributed by atoms with Crippen LogP contribution in [0.5, 0.6) is 0 Å². The number of aromatic amines is 1. The maximum Gasteiger partial charge on any atom is 0.350 e. The highest BCUT2D eigenvalue weighted by molar-refractivity contribution is 7.51. The van der Waals surface area contributed by atoms with Gasteiger partial charge >= 0.3 is 7.60 Å². The maximum atomic E-state index is 11.6. The van der Waals surface area contributed by atoms with Crippen molar-refractivity contribution in [1.82, 2.24) is 9.97 Å². The predicted molar refractivity (Wildman–Crippen MR) is 77.1 cm³/mol. The number of rotatable bonds is 6. The molecule has 2 rings (SSSR count). The first kappa shape index (κ1) is 15.5. The Balaban J connectivity index is 1.96. The molecular formula is C10H16N5O5P. The van der Waals surface area contributed by atoms with E-state index in [9.17, 15) is 9.36 Å². The summed E-state index contributed by atoms with van der Waals surface area (Å²) in [6.07, 6.45) is -0.661. The van der Waals surface area contributed by atoms with Crippen molar-refractivity contribution < 1.29 is 19.1 Å². The minimum absolute atomic E-state index is 0.00435. The van der Waals surface area contributed by atoms with Crippen molar-refractivity contribution in [3.05, 3.63) is 22.5 Å². The van der Waals surface area contributed by atoms with Crippen LogP contribution in [-0.2, 0) is 9.30 Å². The molecule has 0 amide bonds. The number of aromatic nitrogens is 2. The molecule has 1 aromatic heterocycles. The van der Waals surface area contributed by atoms with E-state index in [1.807, 2.05) is 0 Å². The third kappa shape index (κ3) is 4.05. The second-order valence-corrected chi connectivity index (χ2v) is 6.16. The Bertz CT molecular complexity index is 654. The lowest BCUT2D eigenvalue weighted by Crippen LogP contribution is -2.27. The van der Waals surface area contributed by atoms with E-state index in [-0.39, 0.29) is 18.1 Å². The standard InChI is InChI=1S/C10H16N5O5P/c1-6(3-20-5-21(17,18)19)2-15-4-12-7-8(15)13-10(11)14-9(7)16/h12H,1-5H2,(H2,17,18,19)(H3,11,13,14,16). The fraction of sp³-hybridized carbons (Fsp3) is 0.400. The number of anilines is 3. The van der Waals surface area contributed by atoms with Crippen LogP contribution in [0.3, 0.4) is 0 Å². The molecule has 0 bridgehead atoms.